The molecule has 1 N–H and O–H groups in total. The second-order valence-electron chi connectivity index (χ2n) is 12.3. The number of ether oxygens (including phenoxy) is 2. The van der Waals surface area contributed by atoms with Gasteiger partial charge in [-0.3, -0.25) is 9.59 Å². The molecule has 44 heavy (non-hydrogen) atoms. The molecule has 0 saturated heterocycles. The highest BCUT2D eigenvalue weighted by molar-refractivity contribution is 7.17. The van der Waals surface area contributed by atoms with Gasteiger partial charge in [0.2, 0.25) is 0 Å². The number of esters is 2. The predicted molar refractivity (Wildman–Crippen MR) is 173 cm³/mol. The van der Waals surface area contributed by atoms with Gasteiger partial charge in [0, 0.05) is 22.9 Å². The van der Waals surface area contributed by atoms with Gasteiger partial charge in [-0.25, -0.2) is 9.59 Å². The fourth-order valence-electron chi connectivity index (χ4n) is 6.03. The fraction of sp³-hybridized carbons (Fsp3) is 0.371. The van der Waals surface area contributed by atoms with Gasteiger partial charge in [-0.15, -0.1) is 11.3 Å². The Morgan fingerprint density at radius 1 is 1.02 bits per heavy atom. The van der Waals surface area contributed by atoms with Crippen molar-refractivity contribution in [3.63, 3.8) is 0 Å². The van der Waals surface area contributed by atoms with Gasteiger partial charge in [0.25, 0.3) is 11.5 Å². The zero-order chi connectivity index (χ0) is 31.8. The molecular weight excluding hydrogens is 576 g/mol. The molecule has 4 aromatic rings. The monoisotopic (exact) mass is 614 g/mol. The largest absolute Gasteiger partial charge is 0.465 e. The topological polar surface area (TPSA) is 104 Å². The van der Waals surface area contributed by atoms with Crippen LogP contribution in [-0.2, 0) is 34.2 Å². The summed E-state index contributed by atoms with van der Waals surface area (Å²) in [5.74, 6) is -1.40. The highest BCUT2D eigenvalue weighted by Gasteiger charge is 2.35. The number of rotatable bonds is 7. The van der Waals surface area contributed by atoms with Crippen molar-refractivity contribution < 1.29 is 23.9 Å². The van der Waals surface area contributed by atoms with Crippen LogP contribution in [-0.4, -0.2) is 35.6 Å². The molecule has 2 aromatic heterocycles. The van der Waals surface area contributed by atoms with Crippen LogP contribution in [0.3, 0.4) is 0 Å². The first-order valence-corrected chi connectivity index (χ1v) is 15.7. The molecule has 0 fully saturated rings. The Bertz CT molecular complexity index is 1800. The molecule has 0 saturated carbocycles. The molecule has 8 nitrogen and oxygen atoms in total. The molecule has 0 spiro atoms. The van der Waals surface area contributed by atoms with E-state index in [0.717, 1.165) is 35.3 Å². The third kappa shape index (κ3) is 5.80. The van der Waals surface area contributed by atoms with Crippen LogP contribution in [0.15, 0.2) is 59.4 Å². The number of anilines is 1. The predicted octanol–water partition coefficient (Wildman–Crippen LogP) is 6.78. The van der Waals surface area contributed by atoms with Crippen LogP contribution in [0, 0.1) is 11.3 Å². The number of benzene rings is 2. The maximum Gasteiger partial charge on any atom is 0.356 e. The molecule has 0 radical (unpaired) electrons. The normalized spacial score (nSPS) is 15.4. The van der Waals surface area contributed by atoms with Crippen molar-refractivity contribution in [1.82, 2.24) is 4.57 Å². The quantitative estimate of drug-likeness (QED) is 0.230. The standard InChI is InChI=1S/C35H38N2O6S/c1-7-25(30(38)36-31-28(33(40)42-6)24-18-17-21(35(2,3)4)19-26(24)44-31)43-34(41)29-27(20-13-9-8-10-14-20)22-15-11-12-16-23(22)32(39)37(29)5/h8-16,21,25H,7,17-19H2,1-6H3,(H,36,38). The maximum absolute atomic E-state index is 13.9. The van der Waals surface area contributed by atoms with Gasteiger partial charge in [-0.05, 0) is 59.6 Å². The first-order chi connectivity index (χ1) is 21.0. The minimum Gasteiger partial charge on any atom is -0.465 e. The van der Waals surface area contributed by atoms with E-state index in [1.807, 2.05) is 36.4 Å². The molecule has 5 rings (SSSR count). The zero-order valence-electron chi connectivity index (χ0n) is 26.0. The minimum atomic E-state index is -1.17. The van der Waals surface area contributed by atoms with Gasteiger partial charge in [-0.1, -0.05) is 76.2 Å². The summed E-state index contributed by atoms with van der Waals surface area (Å²) in [7, 11) is 2.86. The number of hydrogen-bond acceptors (Lipinski definition) is 7. The fourth-order valence-corrected chi connectivity index (χ4v) is 7.35. The summed E-state index contributed by atoms with van der Waals surface area (Å²) >= 11 is 1.38. The molecule has 2 heterocycles. The van der Waals surface area contributed by atoms with Gasteiger partial charge < -0.3 is 19.4 Å². The van der Waals surface area contributed by atoms with Gasteiger partial charge in [0.05, 0.1) is 12.7 Å². The number of aromatic nitrogens is 1. The summed E-state index contributed by atoms with van der Waals surface area (Å²) in [6.07, 6.45) is 1.49. The van der Waals surface area contributed by atoms with Crippen molar-refractivity contribution in [2.24, 2.45) is 18.4 Å². The Morgan fingerprint density at radius 2 is 1.68 bits per heavy atom. The Kier molecular flexibility index (Phi) is 8.79. The van der Waals surface area contributed by atoms with Crippen LogP contribution >= 0.6 is 11.3 Å². The zero-order valence-corrected chi connectivity index (χ0v) is 26.8. The maximum atomic E-state index is 13.9. The summed E-state index contributed by atoms with van der Waals surface area (Å²) in [5.41, 5.74) is 2.41. The Labute approximate surface area is 261 Å². The summed E-state index contributed by atoms with van der Waals surface area (Å²) in [6, 6.07) is 16.4. The number of fused-ring (bicyclic) bond motifs is 2. The average Bonchev–Trinajstić information content (AvgIpc) is 3.37. The number of nitrogens with one attached hydrogen (secondary N) is 1. The lowest BCUT2D eigenvalue weighted by molar-refractivity contribution is -0.124. The summed E-state index contributed by atoms with van der Waals surface area (Å²) in [6.45, 7) is 8.39. The van der Waals surface area contributed by atoms with Crippen molar-refractivity contribution in [1.29, 1.82) is 0 Å². The average molecular weight is 615 g/mol. The Morgan fingerprint density at radius 3 is 2.32 bits per heavy atom. The third-order valence-electron chi connectivity index (χ3n) is 8.59. The van der Waals surface area contributed by atoms with Gasteiger partial charge in [0.1, 0.15) is 10.7 Å². The molecule has 1 aliphatic rings. The summed E-state index contributed by atoms with van der Waals surface area (Å²) < 4.78 is 12.2. The van der Waals surface area contributed by atoms with Crippen LogP contribution < -0.4 is 10.9 Å². The Balaban J connectivity index is 1.48. The third-order valence-corrected chi connectivity index (χ3v) is 9.76. The van der Waals surface area contributed by atoms with E-state index in [-0.39, 0.29) is 23.1 Å². The van der Waals surface area contributed by atoms with Crippen molar-refractivity contribution in [3.8, 4) is 11.1 Å². The van der Waals surface area contributed by atoms with E-state index in [2.05, 4.69) is 26.1 Å². The molecule has 1 amide bonds. The molecule has 9 heteroatoms. The molecule has 1 aliphatic carbocycles. The highest BCUT2D eigenvalue weighted by Crippen LogP contribution is 2.44. The number of methoxy groups -OCH3 is 1. The van der Waals surface area contributed by atoms with Crippen LogP contribution in [0.1, 0.15) is 71.8 Å². The number of hydrogen-bond donors (Lipinski definition) is 1. The lowest BCUT2D eigenvalue weighted by atomic mass is 9.72. The number of nitrogens with zero attached hydrogens (tertiary/aromatic N) is 1. The number of amides is 1. The highest BCUT2D eigenvalue weighted by atomic mass is 32.1. The minimum absolute atomic E-state index is 0.0567. The van der Waals surface area contributed by atoms with Gasteiger partial charge in [0.15, 0.2) is 6.10 Å². The molecule has 230 valence electrons. The van der Waals surface area contributed by atoms with E-state index >= 15 is 0 Å². The smallest absolute Gasteiger partial charge is 0.356 e. The van der Waals surface area contributed by atoms with Crippen molar-refractivity contribution in [2.75, 3.05) is 12.4 Å². The lowest BCUT2D eigenvalue weighted by Crippen LogP contribution is -2.34. The summed E-state index contributed by atoms with van der Waals surface area (Å²) in [5, 5.41) is 4.37. The van der Waals surface area contributed by atoms with Crippen LogP contribution in [0.5, 0.6) is 0 Å². The molecule has 2 atom stereocenters. The first-order valence-electron chi connectivity index (χ1n) is 14.9. The van der Waals surface area contributed by atoms with E-state index in [0.29, 0.717) is 32.8 Å². The molecule has 0 aliphatic heterocycles. The van der Waals surface area contributed by atoms with E-state index in [1.165, 1.54) is 30.1 Å². The van der Waals surface area contributed by atoms with Gasteiger partial charge >= 0.3 is 11.9 Å². The SMILES string of the molecule is CCC(OC(=O)c1c(-c2ccccc2)c2ccccc2c(=O)n1C)C(=O)Nc1sc2c(c1C(=O)OC)CCC(C(C)(C)C)C2. The van der Waals surface area contributed by atoms with Gasteiger partial charge in [-0.2, -0.15) is 0 Å². The van der Waals surface area contributed by atoms with Crippen molar-refractivity contribution >= 4 is 45.0 Å². The first kappa shape index (κ1) is 31.2. The van der Waals surface area contributed by atoms with Crippen molar-refractivity contribution in [2.45, 2.75) is 59.5 Å². The second kappa shape index (κ2) is 12.4. The van der Waals surface area contributed by atoms with Crippen LogP contribution in [0.2, 0.25) is 0 Å². The molecule has 0 bridgehead atoms. The van der Waals surface area contributed by atoms with E-state index in [9.17, 15) is 19.2 Å². The van der Waals surface area contributed by atoms with E-state index in [4.69, 9.17) is 9.47 Å². The summed E-state index contributed by atoms with van der Waals surface area (Å²) in [4.78, 5) is 54.8. The molecule has 2 aromatic carbocycles. The Hall–Kier alpha value is -4.24. The molecule has 2 unspecified atom stereocenters. The van der Waals surface area contributed by atoms with Crippen molar-refractivity contribution in [3.05, 3.63) is 86.6 Å². The number of carbonyl (C=O) groups is 3. The van der Waals surface area contributed by atoms with Crippen LogP contribution in [0.25, 0.3) is 21.9 Å². The van der Waals surface area contributed by atoms with E-state index in [1.54, 1.807) is 25.1 Å². The van der Waals surface area contributed by atoms with Crippen LogP contribution in [0.4, 0.5) is 5.00 Å². The van der Waals surface area contributed by atoms with E-state index < -0.39 is 23.9 Å². The number of thiophene rings is 1. The number of pyridine rings is 1. The second-order valence-corrected chi connectivity index (χ2v) is 13.4. The number of carbonyl (C=O) groups excluding carboxylic acids is 3. The lowest BCUT2D eigenvalue weighted by Gasteiger charge is -2.33. The molecular formula is C35H38N2O6S.